The lowest BCUT2D eigenvalue weighted by Gasteiger charge is -2.24. The lowest BCUT2D eigenvalue weighted by atomic mass is 10.2. The number of anilines is 1. The van der Waals surface area contributed by atoms with Crippen LogP contribution < -0.4 is 13.8 Å². The minimum Gasteiger partial charge on any atom is -0.493 e. The molecule has 3 rings (SSSR count). The molecule has 0 saturated heterocycles. The van der Waals surface area contributed by atoms with E-state index in [1.165, 1.54) is 56.0 Å². The fraction of sp³-hybridized carbons (Fsp3) is 0.190. The molecule has 0 spiro atoms. The van der Waals surface area contributed by atoms with E-state index in [0.29, 0.717) is 28.5 Å². The van der Waals surface area contributed by atoms with Crippen molar-refractivity contribution >= 4 is 21.5 Å². The molecule has 0 aliphatic rings. The Balaban J connectivity index is 2.08. The van der Waals surface area contributed by atoms with Gasteiger partial charge in [-0.25, -0.2) is 8.42 Å². The van der Waals surface area contributed by atoms with Crippen LogP contribution in [0.4, 0.5) is 5.69 Å². The predicted octanol–water partition coefficient (Wildman–Crippen LogP) is 3.89. The number of sulfonamides is 1. The lowest BCUT2D eigenvalue weighted by molar-refractivity contribution is 0.101. The highest BCUT2D eigenvalue weighted by molar-refractivity contribution is 7.92. The van der Waals surface area contributed by atoms with Crippen LogP contribution in [0.3, 0.4) is 0 Å². The quantitative estimate of drug-likeness (QED) is 0.519. The Labute approximate surface area is 169 Å². The smallest absolute Gasteiger partial charge is 0.264 e. The zero-order chi connectivity index (χ0) is 21.0. The van der Waals surface area contributed by atoms with Crippen molar-refractivity contribution in [3.63, 3.8) is 0 Å². The molecule has 0 bridgehead atoms. The first-order valence-corrected chi connectivity index (χ1v) is 10.2. The number of rotatable bonds is 8. The van der Waals surface area contributed by atoms with Crippen molar-refractivity contribution in [3.05, 3.63) is 72.2 Å². The van der Waals surface area contributed by atoms with Gasteiger partial charge < -0.3 is 13.9 Å². The first-order chi connectivity index (χ1) is 13.9. The number of Topliss-reactive ketones (excluding diaryl/α,β-unsaturated/α-hetero) is 1. The molecule has 0 atom stereocenters. The standard InChI is InChI=1S/C21H21NO6S/c1-15(23)16-6-9-19(10-7-16)29(24,25)22(14-18-5-4-12-28-18)17-8-11-20(26-2)21(13-17)27-3/h4-13H,14H2,1-3H3. The molecular weight excluding hydrogens is 394 g/mol. The molecule has 0 unspecified atom stereocenters. The summed E-state index contributed by atoms with van der Waals surface area (Å²) >= 11 is 0. The molecule has 3 aromatic rings. The molecule has 0 saturated carbocycles. The van der Waals surface area contributed by atoms with Crippen LogP contribution in [-0.4, -0.2) is 28.4 Å². The van der Waals surface area contributed by atoms with Crippen molar-refractivity contribution in [3.8, 4) is 11.5 Å². The molecule has 152 valence electrons. The van der Waals surface area contributed by atoms with Crippen molar-refractivity contribution in [1.82, 2.24) is 0 Å². The minimum absolute atomic E-state index is 0.0146. The molecule has 0 aliphatic heterocycles. The van der Waals surface area contributed by atoms with Gasteiger partial charge in [-0.15, -0.1) is 0 Å². The molecule has 0 amide bonds. The molecule has 29 heavy (non-hydrogen) atoms. The predicted molar refractivity (Wildman–Crippen MR) is 108 cm³/mol. The van der Waals surface area contributed by atoms with Crippen molar-refractivity contribution in [2.45, 2.75) is 18.4 Å². The third-order valence-corrected chi connectivity index (χ3v) is 6.17. The molecule has 1 heterocycles. The normalized spacial score (nSPS) is 11.1. The Morgan fingerprint density at radius 2 is 1.69 bits per heavy atom. The number of hydrogen-bond acceptors (Lipinski definition) is 6. The number of carbonyl (C=O) groups is 1. The van der Waals surface area contributed by atoms with Crippen LogP contribution in [0, 0.1) is 0 Å². The summed E-state index contributed by atoms with van der Waals surface area (Å²) in [5.74, 6) is 1.22. The topological polar surface area (TPSA) is 86.0 Å². The lowest BCUT2D eigenvalue weighted by Crippen LogP contribution is -2.30. The van der Waals surface area contributed by atoms with Gasteiger partial charge in [0.05, 0.1) is 37.6 Å². The molecule has 2 aromatic carbocycles. The van der Waals surface area contributed by atoms with Crippen LogP contribution in [0.2, 0.25) is 0 Å². The SMILES string of the molecule is COc1ccc(N(Cc2ccco2)S(=O)(=O)c2ccc(C(C)=O)cc2)cc1OC. The van der Waals surface area contributed by atoms with Crippen LogP contribution in [0.25, 0.3) is 0 Å². The average molecular weight is 415 g/mol. The molecular formula is C21H21NO6S. The van der Waals surface area contributed by atoms with Gasteiger partial charge in [0.15, 0.2) is 17.3 Å². The number of nitrogens with zero attached hydrogens (tertiary/aromatic N) is 1. The van der Waals surface area contributed by atoms with E-state index in [0.717, 1.165) is 0 Å². The molecule has 7 nitrogen and oxygen atoms in total. The van der Waals surface area contributed by atoms with E-state index in [9.17, 15) is 13.2 Å². The van der Waals surface area contributed by atoms with E-state index in [-0.39, 0.29) is 17.2 Å². The van der Waals surface area contributed by atoms with E-state index in [1.807, 2.05) is 0 Å². The first kappa shape index (κ1) is 20.5. The number of ketones is 1. The van der Waals surface area contributed by atoms with Crippen molar-refractivity contribution < 1.29 is 27.1 Å². The highest BCUT2D eigenvalue weighted by Crippen LogP contribution is 2.34. The monoisotopic (exact) mass is 415 g/mol. The maximum absolute atomic E-state index is 13.4. The second-order valence-corrected chi connectivity index (χ2v) is 8.07. The van der Waals surface area contributed by atoms with Gasteiger partial charge in [0, 0.05) is 11.6 Å². The molecule has 8 heteroatoms. The third kappa shape index (κ3) is 4.27. The second kappa shape index (κ2) is 8.40. The first-order valence-electron chi connectivity index (χ1n) is 8.75. The van der Waals surface area contributed by atoms with Crippen molar-refractivity contribution in [1.29, 1.82) is 0 Å². The van der Waals surface area contributed by atoms with Gasteiger partial charge in [-0.2, -0.15) is 0 Å². The highest BCUT2D eigenvalue weighted by atomic mass is 32.2. The number of hydrogen-bond donors (Lipinski definition) is 0. The van der Waals surface area contributed by atoms with Gasteiger partial charge in [0.2, 0.25) is 0 Å². The number of carbonyl (C=O) groups excluding carboxylic acids is 1. The summed E-state index contributed by atoms with van der Waals surface area (Å²) in [6.45, 7) is 1.41. The van der Waals surface area contributed by atoms with Crippen LogP contribution in [0.15, 0.2) is 70.2 Å². The minimum atomic E-state index is -3.95. The molecule has 1 aromatic heterocycles. The van der Waals surface area contributed by atoms with Gasteiger partial charge in [-0.3, -0.25) is 9.10 Å². The van der Waals surface area contributed by atoms with Crippen molar-refractivity contribution in [2.24, 2.45) is 0 Å². The molecule has 0 N–H and O–H groups in total. The largest absolute Gasteiger partial charge is 0.493 e. The maximum atomic E-state index is 13.4. The summed E-state index contributed by atoms with van der Waals surface area (Å²) in [5.41, 5.74) is 0.822. The molecule has 0 fully saturated rings. The summed E-state index contributed by atoms with van der Waals surface area (Å²) in [6.07, 6.45) is 1.48. The maximum Gasteiger partial charge on any atom is 0.264 e. The van der Waals surface area contributed by atoms with Crippen LogP contribution in [0.1, 0.15) is 23.0 Å². The van der Waals surface area contributed by atoms with E-state index >= 15 is 0 Å². The van der Waals surface area contributed by atoms with E-state index in [4.69, 9.17) is 13.9 Å². The van der Waals surface area contributed by atoms with Crippen LogP contribution in [0.5, 0.6) is 11.5 Å². The van der Waals surface area contributed by atoms with E-state index < -0.39 is 10.0 Å². The van der Waals surface area contributed by atoms with Gasteiger partial charge >= 0.3 is 0 Å². The molecule has 0 radical (unpaired) electrons. The third-order valence-electron chi connectivity index (χ3n) is 4.38. The summed E-state index contributed by atoms with van der Waals surface area (Å²) in [5, 5.41) is 0. The van der Waals surface area contributed by atoms with Gasteiger partial charge in [-0.1, -0.05) is 12.1 Å². The zero-order valence-electron chi connectivity index (χ0n) is 16.3. The summed E-state index contributed by atoms with van der Waals surface area (Å²) < 4.78 is 44.0. The summed E-state index contributed by atoms with van der Waals surface area (Å²) in [7, 11) is -0.966. The van der Waals surface area contributed by atoms with Crippen molar-refractivity contribution in [2.75, 3.05) is 18.5 Å². The van der Waals surface area contributed by atoms with Gasteiger partial charge in [0.25, 0.3) is 10.0 Å². The van der Waals surface area contributed by atoms with Crippen LogP contribution in [-0.2, 0) is 16.6 Å². The number of benzene rings is 2. The summed E-state index contributed by atoms with van der Waals surface area (Å²) in [4.78, 5) is 11.6. The Morgan fingerprint density at radius 3 is 2.24 bits per heavy atom. The summed E-state index contributed by atoms with van der Waals surface area (Å²) in [6, 6.07) is 14.1. The Bertz CT molecular complexity index is 1090. The number of ether oxygens (including phenoxy) is 2. The fourth-order valence-electron chi connectivity index (χ4n) is 2.83. The number of methoxy groups -OCH3 is 2. The zero-order valence-corrected chi connectivity index (χ0v) is 17.1. The Kier molecular flexibility index (Phi) is 5.93. The molecule has 0 aliphatic carbocycles. The van der Waals surface area contributed by atoms with Gasteiger partial charge in [0.1, 0.15) is 5.76 Å². The Hall–Kier alpha value is -3.26. The second-order valence-electron chi connectivity index (χ2n) is 6.21. The number of furan rings is 1. The van der Waals surface area contributed by atoms with E-state index in [2.05, 4.69) is 0 Å². The average Bonchev–Trinajstić information content (AvgIpc) is 3.24. The highest BCUT2D eigenvalue weighted by Gasteiger charge is 2.27. The van der Waals surface area contributed by atoms with Crippen LogP contribution >= 0.6 is 0 Å². The van der Waals surface area contributed by atoms with E-state index in [1.54, 1.807) is 30.3 Å². The van der Waals surface area contributed by atoms with Gasteiger partial charge in [-0.05, 0) is 43.3 Å². The fourth-order valence-corrected chi connectivity index (χ4v) is 4.25. The Morgan fingerprint density at radius 1 is 1.00 bits per heavy atom.